The molecular weight excluding hydrogens is 280 g/mol. The zero-order valence-corrected chi connectivity index (χ0v) is 12.8. The van der Waals surface area contributed by atoms with E-state index in [1.165, 1.54) is 0 Å². The Labute approximate surface area is 130 Å². The van der Waals surface area contributed by atoms with Crippen molar-refractivity contribution in [2.45, 2.75) is 38.4 Å². The maximum atomic E-state index is 12.2. The van der Waals surface area contributed by atoms with Crippen molar-refractivity contribution in [1.82, 2.24) is 20.0 Å². The van der Waals surface area contributed by atoms with Crippen LogP contribution in [-0.2, 0) is 11.3 Å². The summed E-state index contributed by atoms with van der Waals surface area (Å²) in [5, 5.41) is 7.24. The van der Waals surface area contributed by atoms with Crippen LogP contribution in [-0.4, -0.2) is 39.7 Å². The number of furan rings is 1. The molecule has 6 nitrogen and oxygen atoms in total. The number of rotatable bonds is 6. The van der Waals surface area contributed by atoms with E-state index in [1.54, 1.807) is 12.5 Å². The molecule has 1 aliphatic heterocycles. The van der Waals surface area contributed by atoms with Gasteiger partial charge in [-0.05, 0) is 44.5 Å². The Balaban J connectivity index is 1.51. The number of nitrogens with zero attached hydrogens (tertiary/aromatic N) is 3. The highest BCUT2D eigenvalue weighted by molar-refractivity contribution is 5.78. The summed E-state index contributed by atoms with van der Waals surface area (Å²) in [6.07, 6.45) is 7.62. The molecule has 1 amide bonds. The van der Waals surface area contributed by atoms with Crippen LogP contribution in [0.1, 0.15) is 31.6 Å². The summed E-state index contributed by atoms with van der Waals surface area (Å²) in [4.78, 5) is 14.5. The Bertz CT molecular complexity index is 579. The third-order valence-electron chi connectivity index (χ3n) is 4.15. The fourth-order valence-electron chi connectivity index (χ4n) is 3.01. The van der Waals surface area contributed by atoms with Crippen LogP contribution >= 0.6 is 0 Å². The van der Waals surface area contributed by atoms with Crippen LogP contribution in [0.15, 0.2) is 41.3 Å². The first-order chi connectivity index (χ1) is 10.7. The van der Waals surface area contributed by atoms with Crippen molar-refractivity contribution >= 4 is 5.91 Å². The zero-order valence-electron chi connectivity index (χ0n) is 12.8. The minimum atomic E-state index is -0.102. The maximum Gasteiger partial charge on any atom is 0.234 e. The Morgan fingerprint density at radius 1 is 1.55 bits per heavy atom. The molecule has 0 unspecified atom stereocenters. The van der Waals surface area contributed by atoms with Crippen LogP contribution in [0, 0.1) is 0 Å². The summed E-state index contributed by atoms with van der Waals surface area (Å²) in [5.74, 6) is 0.819. The Morgan fingerprint density at radius 3 is 3.18 bits per heavy atom. The van der Waals surface area contributed by atoms with Gasteiger partial charge in [0, 0.05) is 18.4 Å². The predicted octanol–water partition coefficient (Wildman–Crippen LogP) is 1.82. The van der Waals surface area contributed by atoms with Crippen LogP contribution in [0.4, 0.5) is 0 Å². The van der Waals surface area contributed by atoms with Gasteiger partial charge in [-0.1, -0.05) is 0 Å². The van der Waals surface area contributed by atoms with Crippen LogP contribution in [0.5, 0.6) is 0 Å². The summed E-state index contributed by atoms with van der Waals surface area (Å²) >= 11 is 0. The molecule has 1 saturated heterocycles. The Morgan fingerprint density at radius 2 is 2.45 bits per heavy atom. The van der Waals surface area contributed by atoms with Gasteiger partial charge in [0.15, 0.2) is 0 Å². The molecule has 1 N–H and O–H groups in total. The van der Waals surface area contributed by atoms with Gasteiger partial charge < -0.3 is 9.73 Å². The van der Waals surface area contributed by atoms with Gasteiger partial charge in [0.2, 0.25) is 5.91 Å². The van der Waals surface area contributed by atoms with Gasteiger partial charge in [0.05, 0.1) is 25.4 Å². The number of aromatic nitrogens is 2. The second-order valence-electron chi connectivity index (χ2n) is 5.80. The van der Waals surface area contributed by atoms with Gasteiger partial charge >= 0.3 is 0 Å². The molecule has 6 heteroatoms. The summed E-state index contributed by atoms with van der Waals surface area (Å²) in [6.45, 7) is 4.17. The van der Waals surface area contributed by atoms with Crippen LogP contribution in [0.2, 0.25) is 0 Å². The fourth-order valence-corrected chi connectivity index (χ4v) is 3.01. The predicted molar refractivity (Wildman–Crippen MR) is 82.1 cm³/mol. The first-order valence-corrected chi connectivity index (χ1v) is 7.76. The van der Waals surface area contributed by atoms with Gasteiger partial charge in [-0.2, -0.15) is 5.10 Å². The Hall–Kier alpha value is -2.08. The van der Waals surface area contributed by atoms with Crippen molar-refractivity contribution in [3.63, 3.8) is 0 Å². The molecule has 0 aromatic carbocycles. The number of likely N-dealkylation sites (tertiary alicyclic amines) is 1. The minimum absolute atomic E-state index is 0.0382. The molecule has 0 spiro atoms. The SMILES string of the molecule is C[C@H](NC(=O)CN1CCC[C@@H]1Cn1cccn1)c1ccco1. The van der Waals surface area contributed by atoms with E-state index in [9.17, 15) is 4.79 Å². The van der Waals surface area contributed by atoms with E-state index >= 15 is 0 Å². The van der Waals surface area contributed by atoms with E-state index in [4.69, 9.17) is 4.42 Å². The first-order valence-electron chi connectivity index (χ1n) is 7.76. The lowest BCUT2D eigenvalue weighted by Crippen LogP contribution is -2.42. The summed E-state index contributed by atoms with van der Waals surface area (Å²) in [6, 6.07) is 5.91. The second kappa shape index (κ2) is 6.79. The average Bonchev–Trinajstić information content (AvgIpc) is 3.22. The molecule has 1 aliphatic rings. The largest absolute Gasteiger partial charge is 0.467 e. The van der Waals surface area contributed by atoms with Gasteiger partial charge in [0.1, 0.15) is 5.76 Å². The molecule has 22 heavy (non-hydrogen) atoms. The molecule has 3 rings (SSSR count). The Kier molecular flexibility index (Phi) is 4.58. The van der Waals surface area contributed by atoms with Gasteiger partial charge in [-0.15, -0.1) is 0 Å². The van der Waals surface area contributed by atoms with Crippen molar-refractivity contribution in [2.75, 3.05) is 13.1 Å². The standard InChI is InChI=1S/C16H22N4O2/c1-13(15-6-3-10-22-15)18-16(21)12-19-8-2-5-14(19)11-20-9-4-7-17-20/h3-4,6-7,9-10,13-14H,2,5,8,11-12H2,1H3,(H,18,21)/t13-,14+/m0/s1. The maximum absolute atomic E-state index is 12.2. The third-order valence-corrected chi connectivity index (χ3v) is 4.15. The highest BCUT2D eigenvalue weighted by atomic mass is 16.3. The lowest BCUT2D eigenvalue weighted by atomic mass is 10.2. The molecule has 1 fully saturated rings. The third kappa shape index (κ3) is 3.57. The number of carbonyl (C=O) groups is 1. The monoisotopic (exact) mass is 302 g/mol. The van der Waals surface area contributed by atoms with E-state index in [2.05, 4.69) is 15.3 Å². The second-order valence-corrected chi connectivity index (χ2v) is 5.80. The van der Waals surface area contributed by atoms with E-state index in [0.29, 0.717) is 12.6 Å². The smallest absolute Gasteiger partial charge is 0.234 e. The number of carbonyl (C=O) groups excluding carboxylic acids is 1. The van der Waals surface area contributed by atoms with Gasteiger partial charge in [-0.3, -0.25) is 14.4 Å². The highest BCUT2D eigenvalue weighted by Gasteiger charge is 2.27. The number of hydrogen-bond donors (Lipinski definition) is 1. The van der Waals surface area contributed by atoms with Crippen molar-refractivity contribution in [3.8, 4) is 0 Å². The van der Waals surface area contributed by atoms with Gasteiger partial charge in [-0.25, -0.2) is 0 Å². The molecule has 0 radical (unpaired) electrons. The lowest BCUT2D eigenvalue weighted by Gasteiger charge is -2.24. The minimum Gasteiger partial charge on any atom is -0.467 e. The van der Waals surface area contributed by atoms with E-state index < -0.39 is 0 Å². The fraction of sp³-hybridized carbons (Fsp3) is 0.500. The van der Waals surface area contributed by atoms with E-state index in [1.807, 2.05) is 36.0 Å². The molecule has 0 saturated carbocycles. The van der Waals surface area contributed by atoms with Crippen molar-refractivity contribution in [2.24, 2.45) is 0 Å². The highest BCUT2D eigenvalue weighted by Crippen LogP contribution is 2.18. The molecule has 118 valence electrons. The summed E-state index contributed by atoms with van der Waals surface area (Å²) in [5.41, 5.74) is 0. The van der Waals surface area contributed by atoms with Crippen molar-refractivity contribution in [1.29, 1.82) is 0 Å². The molecule has 2 atom stereocenters. The van der Waals surface area contributed by atoms with Crippen LogP contribution < -0.4 is 5.32 Å². The van der Waals surface area contributed by atoms with Crippen molar-refractivity contribution in [3.05, 3.63) is 42.6 Å². The first kappa shape index (κ1) is 14.8. The van der Waals surface area contributed by atoms with Crippen molar-refractivity contribution < 1.29 is 9.21 Å². The van der Waals surface area contributed by atoms with E-state index in [-0.39, 0.29) is 11.9 Å². The lowest BCUT2D eigenvalue weighted by molar-refractivity contribution is -0.123. The summed E-state index contributed by atoms with van der Waals surface area (Å²) in [7, 11) is 0. The topological polar surface area (TPSA) is 63.3 Å². The van der Waals surface area contributed by atoms with Crippen LogP contribution in [0.3, 0.4) is 0 Å². The zero-order chi connectivity index (χ0) is 15.4. The quantitative estimate of drug-likeness (QED) is 0.884. The average molecular weight is 302 g/mol. The molecular formula is C16H22N4O2. The van der Waals surface area contributed by atoms with Gasteiger partial charge in [0.25, 0.3) is 0 Å². The molecule has 2 aromatic heterocycles. The summed E-state index contributed by atoms with van der Waals surface area (Å²) < 4.78 is 7.25. The molecule has 2 aromatic rings. The number of hydrogen-bond acceptors (Lipinski definition) is 4. The molecule has 0 bridgehead atoms. The number of amides is 1. The normalized spacial score (nSPS) is 20.1. The molecule has 0 aliphatic carbocycles. The van der Waals surface area contributed by atoms with E-state index in [0.717, 1.165) is 31.7 Å². The molecule has 3 heterocycles. The number of nitrogens with one attached hydrogen (secondary N) is 1. The van der Waals surface area contributed by atoms with Crippen LogP contribution in [0.25, 0.3) is 0 Å².